The Balaban J connectivity index is 0.00000112. The summed E-state index contributed by atoms with van der Waals surface area (Å²) in [6.45, 7) is 1.19. The van der Waals surface area contributed by atoms with Crippen LogP contribution in [0, 0.1) is 0 Å². The van der Waals surface area contributed by atoms with Crippen LogP contribution in [-0.4, -0.2) is 21.1 Å². The number of halogens is 2. The van der Waals surface area contributed by atoms with Gasteiger partial charge >= 0.3 is 5.69 Å². The van der Waals surface area contributed by atoms with Crippen LogP contribution in [0.4, 0.5) is 0 Å². The van der Waals surface area contributed by atoms with E-state index in [0.717, 1.165) is 0 Å². The molecule has 0 aromatic carbocycles. The summed E-state index contributed by atoms with van der Waals surface area (Å²) in [5, 5.41) is 0.384. The molecule has 0 unspecified atom stereocenters. The van der Waals surface area contributed by atoms with E-state index < -0.39 is 0 Å². The Kier molecular flexibility index (Phi) is 3.73. The summed E-state index contributed by atoms with van der Waals surface area (Å²) in [5.41, 5.74) is 4.82. The van der Waals surface area contributed by atoms with Gasteiger partial charge in [0.25, 0.3) is 0 Å². The predicted molar refractivity (Wildman–Crippen MR) is 53.1 cm³/mol. The van der Waals surface area contributed by atoms with E-state index in [-0.39, 0.29) is 18.1 Å². The monoisotopic (exact) mass is 248 g/mol. The van der Waals surface area contributed by atoms with E-state index in [4.69, 9.17) is 11.6 Å². The Morgan fingerprint density at radius 3 is 2.93 bits per heavy atom. The molecule has 0 spiro atoms. The number of pyridine rings is 1. The van der Waals surface area contributed by atoms with Gasteiger partial charge in [-0.05, 0) is 12.1 Å². The number of rotatable bonds is 2. The van der Waals surface area contributed by atoms with Crippen molar-refractivity contribution in [2.24, 2.45) is 0 Å². The third-order valence-electron chi connectivity index (χ3n) is 1.97. The lowest BCUT2D eigenvalue weighted by Crippen LogP contribution is -3.00. The predicted octanol–water partition coefficient (Wildman–Crippen LogP) is -3.38. The summed E-state index contributed by atoms with van der Waals surface area (Å²) in [5.74, 6) is 0. The number of imidazole rings is 1. The van der Waals surface area contributed by atoms with E-state index in [9.17, 15) is 4.79 Å². The van der Waals surface area contributed by atoms with Gasteiger partial charge in [0, 0.05) is 0 Å². The van der Waals surface area contributed by atoms with Gasteiger partial charge in [0.2, 0.25) is 0 Å². The van der Waals surface area contributed by atoms with Crippen LogP contribution in [0.25, 0.3) is 11.2 Å². The van der Waals surface area contributed by atoms with Crippen LogP contribution in [0.15, 0.2) is 16.9 Å². The van der Waals surface area contributed by atoms with E-state index in [0.29, 0.717) is 29.4 Å². The van der Waals surface area contributed by atoms with Gasteiger partial charge in [0.1, 0.15) is 5.15 Å². The van der Waals surface area contributed by atoms with Crippen molar-refractivity contribution in [3.8, 4) is 0 Å². The molecule has 0 aliphatic carbocycles. The van der Waals surface area contributed by atoms with Gasteiger partial charge in [0.15, 0.2) is 5.65 Å². The SMILES string of the molecule is [Cl-].[NH3+]CCn1c(=O)[nH]c2ccc(Cl)nc21. The van der Waals surface area contributed by atoms with Crippen molar-refractivity contribution < 1.29 is 18.1 Å². The Bertz CT molecular complexity index is 519. The number of hydrogen-bond donors (Lipinski definition) is 2. The number of H-pyrrole nitrogens is 1. The number of fused-ring (bicyclic) bond motifs is 1. The lowest BCUT2D eigenvalue weighted by Gasteiger charge is -1.97. The maximum Gasteiger partial charge on any atom is 0.327 e. The van der Waals surface area contributed by atoms with Gasteiger partial charge in [-0.1, -0.05) is 11.6 Å². The molecular weight excluding hydrogens is 239 g/mol. The topological polar surface area (TPSA) is 78.3 Å². The van der Waals surface area contributed by atoms with E-state index in [1.807, 2.05) is 0 Å². The molecule has 5 nitrogen and oxygen atoms in total. The zero-order chi connectivity index (χ0) is 10.1. The first-order valence-corrected chi connectivity index (χ1v) is 4.64. The van der Waals surface area contributed by atoms with E-state index >= 15 is 0 Å². The van der Waals surface area contributed by atoms with Crippen LogP contribution < -0.4 is 23.8 Å². The number of nitrogens with zero attached hydrogens (tertiary/aromatic N) is 2. The number of aromatic nitrogens is 3. The number of nitrogens with one attached hydrogen (secondary N) is 1. The Morgan fingerprint density at radius 1 is 1.53 bits per heavy atom. The first-order valence-electron chi connectivity index (χ1n) is 4.26. The highest BCUT2D eigenvalue weighted by atomic mass is 35.5. The minimum Gasteiger partial charge on any atom is -1.00 e. The molecule has 4 N–H and O–H groups in total. The molecule has 82 valence electrons. The zero-order valence-corrected chi connectivity index (χ0v) is 9.35. The molecule has 0 aliphatic rings. The Morgan fingerprint density at radius 2 is 2.27 bits per heavy atom. The Hall–Kier alpha value is -1.04. The summed E-state index contributed by atoms with van der Waals surface area (Å²) >= 11 is 5.74. The number of hydrogen-bond acceptors (Lipinski definition) is 2. The first kappa shape index (κ1) is 12.0. The molecule has 0 atom stereocenters. The summed E-state index contributed by atoms with van der Waals surface area (Å²) in [7, 11) is 0. The lowest BCUT2D eigenvalue weighted by atomic mass is 10.4. The maximum absolute atomic E-state index is 11.4. The average molecular weight is 249 g/mol. The van der Waals surface area contributed by atoms with Crippen LogP contribution in [-0.2, 0) is 6.54 Å². The molecule has 0 fully saturated rings. The zero-order valence-electron chi connectivity index (χ0n) is 7.83. The molecule has 7 heteroatoms. The highest BCUT2D eigenvalue weighted by Gasteiger charge is 2.07. The third kappa shape index (κ3) is 2.14. The average Bonchev–Trinajstić information content (AvgIpc) is 2.45. The fourth-order valence-corrected chi connectivity index (χ4v) is 1.52. The Labute approximate surface area is 96.7 Å². The number of quaternary nitrogens is 1. The van der Waals surface area contributed by atoms with Crippen LogP contribution in [0.1, 0.15) is 0 Å². The molecule has 15 heavy (non-hydrogen) atoms. The molecule has 0 amide bonds. The molecule has 2 heterocycles. The van der Waals surface area contributed by atoms with Gasteiger partial charge in [-0.3, -0.25) is 4.57 Å². The summed E-state index contributed by atoms with van der Waals surface area (Å²) < 4.78 is 1.54. The quantitative estimate of drug-likeness (QED) is 0.545. The van der Waals surface area contributed by atoms with Crippen molar-refractivity contribution in [1.29, 1.82) is 0 Å². The van der Waals surface area contributed by atoms with Crippen molar-refractivity contribution in [2.75, 3.05) is 6.54 Å². The maximum atomic E-state index is 11.4. The molecule has 0 radical (unpaired) electrons. The van der Waals surface area contributed by atoms with Gasteiger partial charge in [-0.15, -0.1) is 0 Å². The fourth-order valence-electron chi connectivity index (χ4n) is 1.37. The van der Waals surface area contributed by atoms with Crippen molar-refractivity contribution in [2.45, 2.75) is 6.54 Å². The molecule has 2 aromatic rings. The van der Waals surface area contributed by atoms with E-state index in [1.165, 1.54) is 4.57 Å². The number of aromatic amines is 1. The van der Waals surface area contributed by atoms with Crippen LogP contribution in [0.2, 0.25) is 5.15 Å². The van der Waals surface area contributed by atoms with Gasteiger partial charge < -0.3 is 23.1 Å². The fraction of sp³-hybridized carbons (Fsp3) is 0.250. The molecule has 0 bridgehead atoms. The van der Waals surface area contributed by atoms with Gasteiger partial charge in [0.05, 0.1) is 18.6 Å². The summed E-state index contributed by atoms with van der Waals surface area (Å²) in [6.07, 6.45) is 0. The van der Waals surface area contributed by atoms with Gasteiger partial charge in [-0.2, -0.15) is 0 Å². The lowest BCUT2D eigenvalue weighted by molar-refractivity contribution is -0.369. The van der Waals surface area contributed by atoms with Crippen molar-refractivity contribution in [3.05, 3.63) is 27.8 Å². The second kappa shape index (κ2) is 4.65. The van der Waals surface area contributed by atoms with E-state index in [2.05, 4.69) is 15.7 Å². The van der Waals surface area contributed by atoms with Crippen LogP contribution >= 0.6 is 11.6 Å². The molecule has 0 saturated carbocycles. The minimum absolute atomic E-state index is 0. The molecule has 0 aliphatic heterocycles. The third-order valence-corrected chi connectivity index (χ3v) is 2.18. The van der Waals surface area contributed by atoms with Crippen LogP contribution in [0.5, 0.6) is 0 Å². The minimum atomic E-state index is -0.168. The second-order valence-electron chi connectivity index (χ2n) is 2.94. The smallest absolute Gasteiger partial charge is 0.327 e. The van der Waals surface area contributed by atoms with Crippen molar-refractivity contribution >= 4 is 22.8 Å². The molecule has 2 rings (SSSR count). The van der Waals surface area contributed by atoms with Crippen molar-refractivity contribution in [1.82, 2.24) is 14.5 Å². The first-order chi connectivity index (χ1) is 6.72. The summed E-state index contributed by atoms with van der Waals surface area (Å²) in [6, 6.07) is 3.39. The molecular formula is C8H10Cl2N4O. The largest absolute Gasteiger partial charge is 1.00 e. The molecule has 2 aromatic heterocycles. The van der Waals surface area contributed by atoms with E-state index in [1.54, 1.807) is 12.1 Å². The highest BCUT2D eigenvalue weighted by molar-refractivity contribution is 6.29. The molecule has 0 saturated heterocycles. The summed E-state index contributed by atoms with van der Waals surface area (Å²) in [4.78, 5) is 18.2. The van der Waals surface area contributed by atoms with Crippen molar-refractivity contribution in [3.63, 3.8) is 0 Å². The van der Waals surface area contributed by atoms with Gasteiger partial charge in [-0.25, -0.2) is 9.78 Å². The van der Waals surface area contributed by atoms with Crippen LogP contribution in [0.3, 0.4) is 0 Å². The second-order valence-corrected chi connectivity index (χ2v) is 3.33. The highest BCUT2D eigenvalue weighted by Crippen LogP contribution is 2.11. The standard InChI is InChI=1S/C8H9ClN4O.ClH/c9-6-2-1-5-7(12-6)13(4-3-10)8(14)11-5;/h1-2H,3-4,10H2,(H,11,14);1H. The normalized spacial score (nSPS) is 10.3.